The number of likely N-dealkylation sites (tertiary alicyclic amines) is 1. The molecular weight excluding hydrogens is 286 g/mol. The van der Waals surface area contributed by atoms with E-state index in [0.717, 1.165) is 25.9 Å². The highest BCUT2D eigenvalue weighted by molar-refractivity contribution is 5.77. The molecule has 1 amide bonds. The number of pyridine rings is 1. The van der Waals surface area contributed by atoms with E-state index in [2.05, 4.69) is 15.2 Å². The Morgan fingerprint density at radius 3 is 2.64 bits per heavy atom. The number of hydrogen-bond donors (Lipinski definition) is 1. The second-order valence-corrected chi connectivity index (χ2v) is 5.64. The highest BCUT2D eigenvalue weighted by Crippen LogP contribution is 2.17. The Morgan fingerprint density at radius 2 is 2.14 bits per heavy atom. The maximum atomic E-state index is 11.7. The van der Waals surface area contributed by atoms with Crippen LogP contribution >= 0.6 is 0 Å². The molecule has 0 atom stereocenters. The molecule has 1 aliphatic heterocycles. The van der Waals surface area contributed by atoms with Crippen LogP contribution in [0.5, 0.6) is 0 Å². The molecule has 1 N–H and O–H groups in total. The van der Waals surface area contributed by atoms with Crippen molar-refractivity contribution in [3.05, 3.63) is 28.4 Å². The maximum absolute atomic E-state index is 11.7. The van der Waals surface area contributed by atoms with E-state index in [-0.39, 0.29) is 17.6 Å². The van der Waals surface area contributed by atoms with Gasteiger partial charge in [-0.05, 0) is 18.9 Å². The molecule has 0 bridgehead atoms. The molecule has 22 heavy (non-hydrogen) atoms. The number of nitrogens with zero attached hydrogens (tertiary/aromatic N) is 4. The van der Waals surface area contributed by atoms with E-state index in [1.54, 1.807) is 25.1 Å². The van der Waals surface area contributed by atoms with E-state index in [1.807, 2.05) is 0 Å². The molecule has 1 saturated heterocycles. The number of anilines is 1. The van der Waals surface area contributed by atoms with Gasteiger partial charge >= 0.3 is 0 Å². The molecule has 120 valence electrons. The van der Waals surface area contributed by atoms with Crippen LogP contribution in [0.15, 0.2) is 18.3 Å². The summed E-state index contributed by atoms with van der Waals surface area (Å²) in [6.07, 6.45) is 3.09. The van der Waals surface area contributed by atoms with Gasteiger partial charge in [-0.3, -0.25) is 19.8 Å². The number of carbonyl (C=O) groups excluding carboxylic acids is 1. The third kappa shape index (κ3) is 4.39. The maximum Gasteiger partial charge on any atom is 0.287 e. The topological polar surface area (TPSA) is 91.6 Å². The van der Waals surface area contributed by atoms with Crippen molar-refractivity contribution in [2.45, 2.75) is 18.9 Å². The van der Waals surface area contributed by atoms with Crippen LogP contribution in [0.3, 0.4) is 0 Å². The molecule has 0 unspecified atom stereocenters. The molecule has 1 aromatic heterocycles. The lowest BCUT2D eigenvalue weighted by Gasteiger charge is -2.32. The van der Waals surface area contributed by atoms with Gasteiger partial charge in [-0.15, -0.1) is 0 Å². The molecule has 8 nitrogen and oxygen atoms in total. The lowest BCUT2D eigenvalue weighted by Crippen LogP contribution is -2.44. The van der Waals surface area contributed by atoms with Crippen molar-refractivity contribution in [3.8, 4) is 0 Å². The Balaban J connectivity index is 1.79. The van der Waals surface area contributed by atoms with Crippen LogP contribution in [0.2, 0.25) is 0 Å². The molecule has 2 heterocycles. The molecule has 1 aliphatic rings. The van der Waals surface area contributed by atoms with Gasteiger partial charge in [0.25, 0.3) is 5.69 Å². The predicted molar refractivity (Wildman–Crippen MR) is 82.7 cm³/mol. The highest BCUT2D eigenvalue weighted by Gasteiger charge is 2.21. The minimum Gasteiger partial charge on any atom is -0.367 e. The van der Waals surface area contributed by atoms with Crippen molar-refractivity contribution in [1.29, 1.82) is 0 Å². The predicted octanol–water partition coefficient (Wildman–Crippen LogP) is 0.954. The third-order valence-corrected chi connectivity index (χ3v) is 3.76. The zero-order chi connectivity index (χ0) is 16.1. The first-order chi connectivity index (χ1) is 10.5. The first-order valence-corrected chi connectivity index (χ1v) is 7.25. The fourth-order valence-electron chi connectivity index (χ4n) is 2.36. The van der Waals surface area contributed by atoms with Gasteiger partial charge in [-0.25, -0.2) is 4.98 Å². The zero-order valence-electron chi connectivity index (χ0n) is 12.9. The first-order valence-electron chi connectivity index (χ1n) is 7.25. The van der Waals surface area contributed by atoms with Crippen molar-refractivity contribution >= 4 is 17.4 Å². The van der Waals surface area contributed by atoms with Crippen LogP contribution in [0, 0.1) is 10.1 Å². The largest absolute Gasteiger partial charge is 0.367 e. The molecule has 0 radical (unpaired) electrons. The summed E-state index contributed by atoms with van der Waals surface area (Å²) in [6, 6.07) is 3.35. The van der Waals surface area contributed by atoms with Gasteiger partial charge in [0.15, 0.2) is 0 Å². The number of nitrogens with one attached hydrogen (secondary N) is 1. The Morgan fingerprint density at radius 1 is 1.45 bits per heavy atom. The highest BCUT2D eigenvalue weighted by atomic mass is 16.6. The summed E-state index contributed by atoms with van der Waals surface area (Å²) in [4.78, 5) is 29.6. The van der Waals surface area contributed by atoms with Crippen LogP contribution in [0.25, 0.3) is 0 Å². The summed E-state index contributed by atoms with van der Waals surface area (Å²) in [7, 11) is 3.52. The zero-order valence-corrected chi connectivity index (χ0v) is 12.9. The van der Waals surface area contributed by atoms with E-state index in [1.165, 1.54) is 12.3 Å². The Kier molecular flexibility index (Phi) is 5.26. The minimum absolute atomic E-state index is 0.0115. The lowest BCUT2D eigenvalue weighted by atomic mass is 10.1. The second kappa shape index (κ2) is 7.17. The van der Waals surface area contributed by atoms with E-state index in [9.17, 15) is 14.9 Å². The molecular formula is C14H21N5O3. The normalized spacial score (nSPS) is 16.3. The van der Waals surface area contributed by atoms with Crippen LogP contribution < -0.4 is 5.32 Å². The number of nitro groups is 1. The van der Waals surface area contributed by atoms with Gasteiger partial charge in [0, 0.05) is 39.3 Å². The van der Waals surface area contributed by atoms with Gasteiger partial charge < -0.3 is 10.2 Å². The molecule has 0 spiro atoms. The molecule has 0 aromatic carbocycles. The van der Waals surface area contributed by atoms with E-state index >= 15 is 0 Å². The molecule has 0 saturated carbocycles. The van der Waals surface area contributed by atoms with Gasteiger partial charge in [-0.2, -0.15) is 0 Å². The lowest BCUT2D eigenvalue weighted by molar-refractivity contribution is -0.385. The quantitative estimate of drug-likeness (QED) is 0.643. The summed E-state index contributed by atoms with van der Waals surface area (Å²) in [5.41, 5.74) is -0.0115. The number of aromatic nitrogens is 1. The Hall–Kier alpha value is -2.22. The van der Waals surface area contributed by atoms with Crippen molar-refractivity contribution in [2.75, 3.05) is 39.0 Å². The summed E-state index contributed by atoms with van der Waals surface area (Å²) in [5, 5.41) is 13.9. The fraction of sp³-hybridized carbons (Fsp3) is 0.571. The smallest absolute Gasteiger partial charge is 0.287 e. The van der Waals surface area contributed by atoms with E-state index < -0.39 is 4.92 Å². The fourth-order valence-corrected chi connectivity index (χ4v) is 2.36. The van der Waals surface area contributed by atoms with Crippen molar-refractivity contribution in [2.24, 2.45) is 0 Å². The van der Waals surface area contributed by atoms with Gasteiger partial charge in [0.05, 0.1) is 11.5 Å². The van der Waals surface area contributed by atoms with Gasteiger partial charge in [-0.1, -0.05) is 0 Å². The van der Waals surface area contributed by atoms with Crippen LogP contribution in [0.4, 0.5) is 11.5 Å². The standard InChI is InChI=1S/C14H21N5O3/c1-17(2)14(20)10-18-7-5-11(6-8-18)16-13-4-3-12(9-15-13)19(21)22/h3-4,9,11H,5-8,10H2,1-2H3,(H,15,16). The number of hydrogen-bond acceptors (Lipinski definition) is 6. The number of rotatable bonds is 5. The van der Waals surface area contributed by atoms with E-state index in [0.29, 0.717) is 12.4 Å². The SMILES string of the molecule is CN(C)C(=O)CN1CCC(Nc2ccc([N+](=O)[O-])cn2)CC1. The summed E-state index contributed by atoms with van der Waals surface area (Å²) in [6.45, 7) is 2.16. The van der Waals surface area contributed by atoms with Crippen LogP contribution in [-0.2, 0) is 4.79 Å². The molecule has 8 heteroatoms. The Bertz CT molecular complexity index is 524. The average molecular weight is 307 g/mol. The number of carbonyl (C=O) groups is 1. The summed E-state index contributed by atoms with van der Waals surface area (Å²) >= 11 is 0. The van der Waals surface area contributed by atoms with Crippen LogP contribution in [0.1, 0.15) is 12.8 Å². The second-order valence-electron chi connectivity index (χ2n) is 5.64. The number of amides is 1. The summed E-state index contributed by atoms with van der Waals surface area (Å²) in [5.74, 6) is 0.761. The molecule has 2 rings (SSSR count). The average Bonchev–Trinajstić information content (AvgIpc) is 2.49. The monoisotopic (exact) mass is 307 g/mol. The van der Waals surface area contributed by atoms with Crippen molar-refractivity contribution in [3.63, 3.8) is 0 Å². The minimum atomic E-state index is -0.461. The van der Waals surface area contributed by atoms with Gasteiger partial charge in [0.2, 0.25) is 5.91 Å². The van der Waals surface area contributed by atoms with Crippen molar-refractivity contribution < 1.29 is 9.72 Å². The van der Waals surface area contributed by atoms with Gasteiger partial charge in [0.1, 0.15) is 12.0 Å². The molecule has 1 aromatic rings. The van der Waals surface area contributed by atoms with Crippen molar-refractivity contribution in [1.82, 2.24) is 14.8 Å². The van der Waals surface area contributed by atoms with E-state index in [4.69, 9.17) is 0 Å². The molecule has 1 fully saturated rings. The third-order valence-electron chi connectivity index (χ3n) is 3.76. The van der Waals surface area contributed by atoms with Crippen LogP contribution in [-0.4, -0.2) is 65.4 Å². The first kappa shape index (κ1) is 16.2. The summed E-state index contributed by atoms with van der Waals surface area (Å²) < 4.78 is 0. The number of piperidine rings is 1. The number of likely N-dealkylation sites (N-methyl/N-ethyl adjacent to an activating group) is 1. The molecule has 0 aliphatic carbocycles. The Labute approximate surface area is 129 Å².